The number of pyridine rings is 1. The third kappa shape index (κ3) is 6.33. The molecule has 1 aliphatic heterocycles. The van der Waals surface area contributed by atoms with Gasteiger partial charge in [0, 0.05) is 19.2 Å². The number of amides is 1. The van der Waals surface area contributed by atoms with Crippen LogP contribution in [0.4, 0.5) is 37.8 Å². The van der Waals surface area contributed by atoms with Gasteiger partial charge in [0.1, 0.15) is 5.82 Å². The Morgan fingerprint density at radius 1 is 0.976 bits per heavy atom. The number of rotatable bonds is 6. The lowest BCUT2D eigenvalue weighted by atomic mass is 9.81. The standard InChI is InChI=1S/C29H27Cl2F6N3O2/c1-27(2,17-10-18(28(32,33)34)12-19(11-17)29(35,36)37)26(42)39(3)24-14-38-25(40-8-4-5-20(40)15-41)13-21(24)16-6-7-22(30)23(31)9-16/h6-7,9-14,20,41H,4-5,8,15H2,1-3H3/t20-/m1/s1. The van der Waals surface area contributed by atoms with Crippen molar-refractivity contribution in [3.05, 3.63) is 75.4 Å². The lowest BCUT2D eigenvalue weighted by Gasteiger charge is -2.32. The molecule has 0 aliphatic carbocycles. The molecule has 0 radical (unpaired) electrons. The van der Waals surface area contributed by atoms with E-state index in [1.54, 1.807) is 24.3 Å². The van der Waals surface area contributed by atoms with E-state index in [0.29, 0.717) is 35.6 Å². The van der Waals surface area contributed by atoms with E-state index in [-0.39, 0.29) is 34.4 Å². The van der Waals surface area contributed by atoms with Crippen molar-refractivity contribution in [3.63, 3.8) is 0 Å². The summed E-state index contributed by atoms with van der Waals surface area (Å²) >= 11 is 12.4. The minimum absolute atomic E-state index is 0.0246. The maximum atomic E-state index is 13.9. The minimum atomic E-state index is -5.07. The number of aromatic nitrogens is 1. The number of aliphatic hydroxyl groups excluding tert-OH is 1. The molecule has 1 amide bonds. The molecule has 2 heterocycles. The highest BCUT2D eigenvalue weighted by molar-refractivity contribution is 6.42. The van der Waals surface area contributed by atoms with Gasteiger partial charge in [-0.3, -0.25) is 4.79 Å². The Kier molecular flexibility index (Phi) is 8.79. The number of carbonyl (C=O) groups is 1. The van der Waals surface area contributed by atoms with Crippen molar-refractivity contribution in [1.82, 2.24) is 4.98 Å². The fourth-order valence-corrected chi connectivity index (χ4v) is 5.35. The Morgan fingerprint density at radius 2 is 1.57 bits per heavy atom. The van der Waals surface area contributed by atoms with Crippen molar-refractivity contribution in [2.45, 2.75) is 50.5 Å². The van der Waals surface area contributed by atoms with E-state index < -0.39 is 40.4 Å². The molecule has 1 N–H and O–H groups in total. The van der Waals surface area contributed by atoms with Crippen LogP contribution < -0.4 is 9.80 Å². The maximum Gasteiger partial charge on any atom is 0.416 e. The van der Waals surface area contributed by atoms with Crippen LogP contribution in [-0.2, 0) is 22.6 Å². The van der Waals surface area contributed by atoms with Gasteiger partial charge >= 0.3 is 12.4 Å². The molecule has 226 valence electrons. The zero-order valence-corrected chi connectivity index (χ0v) is 24.3. The summed E-state index contributed by atoms with van der Waals surface area (Å²) < 4.78 is 81.4. The van der Waals surface area contributed by atoms with E-state index in [4.69, 9.17) is 23.2 Å². The van der Waals surface area contributed by atoms with Gasteiger partial charge in [0.25, 0.3) is 0 Å². The SMILES string of the molecule is CN(C(=O)C(C)(C)c1cc(C(F)(F)F)cc(C(F)(F)F)c1)c1cnc(N2CCC[C@@H]2CO)cc1-c1ccc(Cl)c(Cl)c1. The highest BCUT2D eigenvalue weighted by Gasteiger charge is 2.41. The van der Waals surface area contributed by atoms with Crippen molar-refractivity contribution >= 4 is 40.6 Å². The first-order valence-electron chi connectivity index (χ1n) is 12.9. The fourth-order valence-electron chi connectivity index (χ4n) is 5.05. The number of hydrogen-bond acceptors (Lipinski definition) is 4. The summed E-state index contributed by atoms with van der Waals surface area (Å²) in [6, 6.07) is 7.48. The quantitative estimate of drug-likeness (QED) is 0.280. The van der Waals surface area contributed by atoms with Crippen LogP contribution in [0, 0.1) is 0 Å². The van der Waals surface area contributed by atoms with Crippen molar-refractivity contribution in [2.75, 3.05) is 30.0 Å². The highest BCUT2D eigenvalue weighted by Crippen LogP contribution is 2.42. The van der Waals surface area contributed by atoms with Crippen LogP contribution in [0.3, 0.4) is 0 Å². The molecule has 13 heteroatoms. The molecule has 2 aromatic carbocycles. The van der Waals surface area contributed by atoms with E-state index in [1.165, 1.54) is 27.1 Å². The minimum Gasteiger partial charge on any atom is -0.394 e. The number of anilines is 2. The zero-order valence-electron chi connectivity index (χ0n) is 22.7. The molecule has 1 fully saturated rings. The molecule has 4 rings (SSSR count). The van der Waals surface area contributed by atoms with Gasteiger partial charge in [-0.1, -0.05) is 29.3 Å². The zero-order chi connectivity index (χ0) is 31.2. The predicted octanol–water partition coefficient (Wildman–Crippen LogP) is 7.99. The molecule has 0 spiro atoms. The smallest absolute Gasteiger partial charge is 0.394 e. The molecule has 0 unspecified atom stereocenters. The first-order valence-corrected chi connectivity index (χ1v) is 13.6. The number of carbonyl (C=O) groups excluding carboxylic acids is 1. The molecule has 0 saturated carbocycles. The molecular weight excluding hydrogens is 607 g/mol. The Morgan fingerprint density at radius 3 is 2.12 bits per heavy atom. The van der Waals surface area contributed by atoms with Crippen LogP contribution >= 0.6 is 23.2 Å². The summed E-state index contributed by atoms with van der Waals surface area (Å²) in [5.41, 5.74) is -4.05. The van der Waals surface area contributed by atoms with Crippen molar-refractivity contribution in [1.29, 1.82) is 0 Å². The monoisotopic (exact) mass is 633 g/mol. The average molecular weight is 634 g/mol. The number of benzene rings is 2. The van der Waals surface area contributed by atoms with Gasteiger partial charge in [-0.15, -0.1) is 0 Å². The topological polar surface area (TPSA) is 56.7 Å². The second-order valence-electron chi connectivity index (χ2n) is 10.6. The first-order chi connectivity index (χ1) is 19.4. The Labute approximate surface area is 248 Å². The summed E-state index contributed by atoms with van der Waals surface area (Å²) in [5, 5.41) is 10.3. The molecule has 5 nitrogen and oxygen atoms in total. The van der Waals surface area contributed by atoms with Gasteiger partial charge in [-0.05, 0) is 74.2 Å². The number of likely N-dealkylation sites (N-methyl/N-ethyl adjacent to an activating group) is 1. The summed E-state index contributed by atoms with van der Waals surface area (Å²) in [6.07, 6.45) is -7.14. The second-order valence-corrected chi connectivity index (χ2v) is 11.5. The van der Waals surface area contributed by atoms with E-state index >= 15 is 0 Å². The highest BCUT2D eigenvalue weighted by atomic mass is 35.5. The van der Waals surface area contributed by atoms with Crippen LogP contribution in [0.5, 0.6) is 0 Å². The van der Waals surface area contributed by atoms with Gasteiger partial charge in [0.05, 0.1) is 51.1 Å². The Hall–Kier alpha value is -3.02. The molecule has 42 heavy (non-hydrogen) atoms. The van der Waals surface area contributed by atoms with Crippen LogP contribution in [0.2, 0.25) is 10.0 Å². The lowest BCUT2D eigenvalue weighted by molar-refractivity contribution is -0.143. The van der Waals surface area contributed by atoms with Gasteiger partial charge in [-0.25, -0.2) is 4.98 Å². The third-order valence-corrected chi connectivity index (χ3v) is 8.23. The lowest BCUT2D eigenvalue weighted by Crippen LogP contribution is -2.42. The molecule has 1 atom stereocenters. The van der Waals surface area contributed by atoms with Crippen molar-refractivity contribution in [2.24, 2.45) is 0 Å². The fraction of sp³-hybridized carbons (Fsp3) is 0.379. The second kappa shape index (κ2) is 11.6. The molecular formula is C29H27Cl2F6N3O2. The average Bonchev–Trinajstić information content (AvgIpc) is 3.41. The number of nitrogens with zero attached hydrogens (tertiary/aromatic N) is 3. The summed E-state index contributed by atoms with van der Waals surface area (Å²) in [5.74, 6) is -0.260. The summed E-state index contributed by atoms with van der Waals surface area (Å²) in [6.45, 7) is 3.07. The number of halogens is 8. The Balaban J connectivity index is 1.82. The van der Waals surface area contributed by atoms with Crippen LogP contribution in [0.15, 0.2) is 48.7 Å². The normalized spacial score (nSPS) is 16.2. The Bertz CT molecular complexity index is 1460. The molecule has 1 saturated heterocycles. The van der Waals surface area contributed by atoms with Gasteiger partial charge in [-0.2, -0.15) is 26.3 Å². The molecule has 3 aromatic rings. The van der Waals surface area contributed by atoms with E-state index in [9.17, 15) is 36.2 Å². The van der Waals surface area contributed by atoms with E-state index in [1.807, 2.05) is 4.90 Å². The first kappa shape index (κ1) is 31.9. The molecule has 1 aromatic heterocycles. The van der Waals surface area contributed by atoms with Crippen LogP contribution in [-0.4, -0.2) is 42.2 Å². The van der Waals surface area contributed by atoms with Gasteiger partial charge < -0.3 is 14.9 Å². The number of aliphatic hydroxyl groups is 1. The van der Waals surface area contributed by atoms with Crippen LogP contribution in [0.25, 0.3) is 11.1 Å². The summed E-state index contributed by atoms with van der Waals surface area (Å²) in [4.78, 5) is 21.5. The summed E-state index contributed by atoms with van der Waals surface area (Å²) in [7, 11) is 1.37. The van der Waals surface area contributed by atoms with E-state index in [0.717, 1.165) is 17.7 Å². The largest absolute Gasteiger partial charge is 0.416 e. The third-order valence-electron chi connectivity index (χ3n) is 7.49. The van der Waals surface area contributed by atoms with Gasteiger partial charge in [0.2, 0.25) is 5.91 Å². The molecule has 0 bridgehead atoms. The van der Waals surface area contributed by atoms with E-state index in [2.05, 4.69) is 4.98 Å². The number of hydrogen-bond donors (Lipinski definition) is 1. The van der Waals surface area contributed by atoms with Gasteiger partial charge in [0.15, 0.2) is 0 Å². The predicted molar refractivity (Wildman–Crippen MR) is 150 cm³/mol. The van der Waals surface area contributed by atoms with Crippen molar-refractivity contribution in [3.8, 4) is 11.1 Å². The molecule has 1 aliphatic rings. The number of alkyl halides is 6. The van der Waals surface area contributed by atoms with Crippen molar-refractivity contribution < 1.29 is 36.2 Å². The van der Waals surface area contributed by atoms with Crippen LogP contribution in [0.1, 0.15) is 43.4 Å². The maximum absolute atomic E-state index is 13.9.